The Morgan fingerprint density at radius 1 is 1.22 bits per heavy atom. The van der Waals surface area contributed by atoms with Crippen molar-refractivity contribution in [3.63, 3.8) is 0 Å². The van der Waals surface area contributed by atoms with E-state index in [1.807, 2.05) is 0 Å². The van der Waals surface area contributed by atoms with Crippen LogP contribution < -0.4 is 10.6 Å². The molecule has 0 rings (SSSR count). The van der Waals surface area contributed by atoms with Gasteiger partial charge >= 0.3 is 12.0 Å². The van der Waals surface area contributed by atoms with Crippen molar-refractivity contribution in [1.82, 2.24) is 15.5 Å². The lowest BCUT2D eigenvalue weighted by molar-refractivity contribution is -0.146. The van der Waals surface area contributed by atoms with E-state index in [9.17, 15) is 14.4 Å². The van der Waals surface area contributed by atoms with Crippen LogP contribution in [-0.2, 0) is 9.59 Å². The Morgan fingerprint density at radius 3 is 2.28 bits per heavy atom. The van der Waals surface area contributed by atoms with E-state index >= 15 is 0 Å². The molecule has 0 aromatic carbocycles. The van der Waals surface area contributed by atoms with Gasteiger partial charge in [0.05, 0.1) is 6.54 Å². The maximum atomic E-state index is 11.6. The molecule has 0 aliphatic heterocycles. The number of carbonyl (C=O) groups is 3. The summed E-state index contributed by atoms with van der Waals surface area (Å²) in [6.45, 7) is 3.70. The number of aliphatic carboxylic acids is 1. The highest BCUT2D eigenvalue weighted by Gasteiger charge is 2.18. The van der Waals surface area contributed by atoms with Crippen LogP contribution in [0, 0.1) is 0 Å². The molecule has 0 heterocycles. The Kier molecular flexibility index (Phi) is 7.45. The number of carboxylic acid groups (broad SMARTS) is 1. The van der Waals surface area contributed by atoms with Crippen molar-refractivity contribution in [2.75, 3.05) is 26.2 Å². The first-order valence-corrected chi connectivity index (χ1v) is 5.62. The number of likely N-dealkylation sites (N-methyl/N-ethyl adjacent to an activating group) is 2. The largest absolute Gasteiger partial charge is 0.479 e. The second kappa shape index (κ2) is 8.29. The van der Waals surface area contributed by atoms with Crippen LogP contribution in [0.25, 0.3) is 0 Å². The minimum Gasteiger partial charge on any atom is -0.479 e. The molecule has 0 spiro atoms. The van der Waals surface area contributed by atoms with Crippen molar-refractivity contribution in [3.05, 3.63) is 0 Å². The maximum absolute atomic E-state index is 11.6. The zero-order valence-electron chi connectivity index (χ0n) is 10.5. The molecule has 0 bridgehead atoms. The fourth-order valence-electron chi connectivity index (χ4n) is 1.14. The summed E-state index contributed by atoms with van der Waals surface area (Å²) in [4.78, 5) is 34.4. The van der Waals surface area contributed by atoms with Crippen LogP contribution >= 0.6 is 0 Å². The first-order chi connectivity index (χ1) is 8.42. The van der Waals surface area contributed by atoms with Gasteiger partial charge in [0.25, 0.3) is 0 Å². The lowest BCUT2D eigenvalue weighted by Gasteiger charge is -2.21. The molecule has 0 aliphatic rings. The van der Waals surface area contributed by atoms with E-state index in [2.05, 4.69) is 10.6 Å². The topological polar surface area (TPSA) is 119 Å². The number of aliphatic hydroxyl groups excluding tert-OH is 1. The highest BCUT2D eigenvalue weighted by atomic mass is 16.4. The quantitative estimate of drug-likeness (QED) is 0.449. The standard InChI is InChI=1S/C10H19N3O5/c1-3-11-8(15)6-13(4-2)10(18)12-5-7(14)9(16)17/h7,14H,3-6H2,1-2H3,(H,11,15)(H,12,18)(H,16,17). The van der Waals surface area contributed by atoms with Crippen LogP contribution in [-0.4, -0.2) is 65.3 Å². The number of carboxylic acids is 1. The van der Waals surface area contributed by atoms with E-state index in [1.54, 1.807) is 13.8 Å². The molecule has 8 heteroatoms. The molecule has 0 aromatic heterocycles. The van der Waals surface area contributed by atoms with Crippen molar-refractivity contribution in [3.8, 4) is 0 Å². The first-order valence-electron chi connectivity index (χ1n) is 5.62. The molecule has 0 radical (unpaired) electrons. The summed E-state index contributed by atoms with van der Waals surface area (Å²) in [6, 6.07) is -0.593. The van der Waals surface area contributed by atoms with Gasteiger partial charge in [-0.15, -0.1) is 0 Å². The molecule has 8 nitrogen and oxygen atoms in total. The molecule has 1 atom stereocenters. The molecule has 0 fully saturated rings. The lowest BCUT2D eigenvalue weighted by atomic mass is 10.3. The maximum Gasteiger partial charge on any atom is 0.334 e. The third-order valence-corrected chi connectivity index (χ3v) is 2.11. The molecule has 0 saturated carbocycles. The average Bonchev–Trinajstić information content (AvgIpc) is 2.32. The minimum atomic E-state index is -1.66. The molecule has 0 saturated heterocycles. The Morgan fingerprint density at radius 2 is 1.83 bits per heavy atom. The fraction of sp³-hybridized carbons (Fsp3) is 0.700. The number of amides is 3. The summed E-state index contributed by atoms with van der Waals surface area (Å²) in [7, 11) is 0. The Hall–Kier alpha value is -1.83. The van der Waals surface area contributed by atoms with Gasteiger partial charge in [-0.3, -0.25) is 4.79 Å². The summed E-state index contributed by atoms with van der Waals surface area (Å²) in [5, 5.41) is 22.2. The van der Waals surface area contributed by atoms with Gasteiger partial charge in [0.2, 0.25) is 5.91 Å². The number of nitrogens with zero attached hydrogens (tertiary/aromatic N) is 1. The Balaban J connectivity index is 4.18. The van der Waals surface area contributed by atoms with Crippen LogP contribution in [0.2, 0.25) is 0 Å². The number of urea groups is 1. The summed E-state index contributed by atoms with van der Waals surface area (Å²) in [6.07, 6.45) is -1.66. The monoisotopic (exact) mass is 261 g/mol. The van der Waals surface area contributed by atoms with Crippen molar-refractivity contribution in [2.45, 2.75) is 20.0 Å². The van der Waals surface area contributed by atoms with E-state index in [-0.39, 0.29) is 12.5 Å². The highest BCUT2D eigenvalue weighted by Crippen LogP contribution is 1.90. The number of hydrogen-bond donors (Lipinski definition) is 4. The molecule has 0 aromatic rings. The van der Waals surface area contributed by atoms with Crippen molar-refractivity contribution < 1.29 is 24.6 Å². The minimum absolute atomic E-state index is 0.112. The van der Waals surface area contributed by atoms with E-state index in [1.165, 1.54) is 4.90 Å². The van der Waals surface area contributed by atoms with Gasteiger partial charge in [0.15, 0.2) is 6.10 Å². The second-order valence-electron chi connectivity index (χ2n) is 3.51. The van der Waals surface area contributed by atoms with Gasteiger partial charge in [-0.2, -0.15) is 0 Å². The average molecular weight is 261 g/mol. The Labute approximate surface area is 105 Å². The van der Waals surface area contributed by atoms with Crippen molar-refractivity contribution >= 4 is 17.9 Å². The smallest absolute Gasteiger partial charge is 0.334 e. The number of nitrogens with one attached hydrogen (secondary N) is 2. The normalized spacial score (nSPS) is 11.5. The van der Waals surface area contributed by atoms with Gasteiger partial charge in [0.1, 0.15) is 6.54 Å². The van der Waals surface area contributed by atoms with E-state index in [0.717, 1.165) is 0 Å². The van der Waals surface area contributed by atoms with Crippen LogP contribution in [0.15, 0.2) is 0 Å². The van der Waals surface area contributed by atoms with Gasteiger partial charge in [0, 0.05) is 13.1 Å². The van der Waals surface area contributed by atoms with Crippen LogP contribution in [0.1, 0.15) is 13.8 Å². The number of carbonyl (C=O) groups excluding carboxylic acids is 2. The van der Waals surface area contributed by atoms with Gasteiger partial charge < -0.3 is 25.7 Å². The molecule has 3 amide bonds. The van der Waals surface area contributed by atoms with Crippen LogP contribution in [0.4, 0.5) is 4.79 Å². The Bertz CT molecular complexity index is 308. The third kappa shape index (κ3) is 6.04. The predicted molar refractivity (Wildman–Crippen MR) is 63.0 cm³/mol. The summed E-state index contributed by atoms with van der Waals surface area (Å²) in [5.74, 6) is -1.71. The zero-order valence-corrected chi connectivity index (χ0v) is 10.5. The molecule has 18 heavy (non-hydrogen) atoms. The summed E-state index contributed by atoms with van der Waals surface area (Å²) >= 11 is 0. The third-order valence-electron chi connectivity index (χ3n) is 2.11. The summed E-state index contributed by atoms with van der Waals surface area (Å²) in [5.41, 5.74) is 0. The van der Waals surface area contributed by atoms with Gasteiger partial charge in [-0.05, 0) is 13.8 Å². The van der Waals surface area contributed by atoms with E-state index < -0.39 is 24.6 Å². The molecular formula is C10H19N3O5. The first kappa shape index (κ1) is 16.2. The number of hydrogen-bond acceptors (Lipinski definition) is 4. The van der Waals surface area contributed by atoms with Crippen molar-refractivity contribution in [1.29, 1.82) is 0 Å². The fourth-order valence-corrected chi connectivity index (χ4v) is 1.14. The molecule has 4 N–H and O–H groups in total. The lowest BCUT2D eigenvalue weighted by Crippen LogP contribution is -2.47. The van der Waals surface area contributed by atoms with E-state index in [4.69, 9.17) is 10.2 Å². The number of aliphatic hydroxyl groups is 1. The molecule has 1 unspecified atom stereocenters. The highest BCUT2D eigenvalue weighted by molar-refractivity contribution is 5.84. The molecular weight excluding hydrogens is 242 g/mol. The van der Waals surface area contributed by atoms with Crippen LogP contribution in [0.3, 0.4) is 0 Å². The predicted octanol–water partition coefficient (Wildman–Crippen LogP) is -1.40. The molecule has 104 valence electrons. The summed E-state index contributed by atoms with van der Waals surface area (Å²) < 4.78 is 0. The van der Waals surface area contributed by atoms with E-state index in [0.29, 0.717) is 13.1 Å². The molecule has 0 aliphatic carbocycles. The van der Waals surface area contributed by atoms with Crippen molar-refractivity contribution in [2.24, 2.45) is 0 Å². The van der Waals surface area contributed by atoms with Crippen LogP contribution in [0.5, 0.6) is 0 Å². The second-order valence-corrected chi connectivity index (χ2v) is 3.51. The SMILES string of the molecule is CCNC(=O)CN(CC)C(=O)NCC(O)C(=O)O. The number of rotatable bonds is 7. The van der Waals surface area contributed by atoms with Gasteiger partial charge in [-0.1, -0.05) is 0 Å². The van der Waals surface area contributed by atoms with Gasteiger partial charge in [-0.25, -0.2) is 9.59 Å². The zero-order chi connectivity index (χ0) is 14.1.